The number of benzene rings is 1. The number of carbonyl (C=O) groups is 2. The number of allylic oxidation sites excluding steroid dienone is 1. The lowest BCUT2D eigenvalue weighted by molar-refractivity contribution is -0.146. The maximum absolute atomic E-state index is 13.0. The molecule has 1 aromatic rings. The number of hydrogen-bond acceptors (Lipinski definition) is 5. The van der Waals surface area contributed by atoms with Crippen LogP contribution in [0.5, 0.6) is 11.5 Å². The number of esters is 1. The van der Waals surface area contributed by atoms with Gasteiger partial charge in [-0.15, -0.1) is 0 Å². The summed E-state index contributed by atoms with van der Waals surface area (Å²) < 4.78 is 16.6. The summed E-state index contributed by atoms with van der Waals surface area (Å²) in [5, 5.41) is 5.51. The minimum atomic E-state index is -0.596. The van der Waals surface area contributed by atoms with Crippen LogP contribution in [0.1, 0.15) is 51.1 Å². The Kier molecular flexibility index (Phi) is 4.68. The van der Waals surface area contributed by atoms with Crippen LogP contribution in [0, 0.1) is 5.92 Å². The Bertz CT molecular complexity index is 804. The first-order valence-electron chi connectivity index (χ1n) is 9.40. The highest BCUT2D eigenvalue weighted by Crippen LogP contribution is 2.37. The van der Waals surface area contributed by atoms with Crippen molar-refractivity contribution in [3.63, 3.8) is 0 Å². The van der Waals surface area contributed by atoms with Crippen molar-refractivity contribution in [1.29, 1.82) is 0 Å². The van der Waals surface area contributed by atoms with E-state index in [0.29, 0.717) is 28.7 Å². The molecule has 3 atom stereocenters. The lowest BCUT2D eigenvalue weighted by Crippen LogP contribution is -2.45. The van der Waals surface area contributed by atoms with E-state index in [0.717, 1.165) is 24.8 Å². The molecule has 0 bridgehead atoms. The van der Waals surface area contributed by atoms with Crippen molar-refractivity contribution in [2.24, 2.45) is 5.92 Å². The topological polar surface area (TPSA) is 85.9 Å². The zero-order valence-corrected chi connectivity index (χ0v) is 15.5. The molecule has 0 saturated heterocycles. The first kappa shape index (κ1) is 17.7. The van der Waals surface area contributed by atoms with Crippen molar-refractivity contribution in [1.82, 2.24) is 10.6 Å². The smallest absolute Gasteiger partial charge is 0.338 e. The van der Waals surface area contributed by atoms with Gasteiger partial charge in [0, 0.05) is 5.70 Å². The van der Waals surface area contributed by atoms with Crippen molar-refractivity contribution in [2.45, 2.75) is 51.7 Å². The van der Waals surface area contributed by atoms with Crippen molar-refractivity contribution >= 4 is 12.0 Å². The molecule has 1 aliphatic carbocycles. The molecule has 1 aromatic carbocycles. The maximum Gasteiger partial charge on any atom is 0.338 e. The van der Waals surface area contributed by atoms with Gasteiger partial charge < -0.3 is 24.8 Å². The molecule has 2 aliphatic heterocycles. The fourth-order valence-electron chi connectivity index (χ4n) is 4.01. The first-order valence-corrected chi connectivity index (χ1v) is 9.40. The zero-order chi connectivity index (χ0) is 19.0. The third-order valence-corrected chi connectivity index (χ3v) is 5.38. The summed E-state index contributed by atoms with van der Waals surface area (Å²) >= 11 is 0. The van der Waals surface area contributed by atoms with Crippen LogP contribution in [0.25, 0.3) is 0 Å². The Balaban J connectivity index is 1.60. The molecule has 7 nitrogen and oxygen atoms in total. The third kappa shape index (κ3) is 3.59. The molecule has 4 rings (SSSR count). The molecule has 1 fully saturated rings. The summed E-state index contributed by atoms with van der Waals surface area (Å²) in [5.74, 6) is 1.43. The van der Waals surface area contributed by atoms with E-state index in [9.17, 15) is 9.59 Å². The van der Waals surface area contributed by atoms with Crippen molar-refractivity contribution in [3.8, 4) is 11.5 Å². The number of urea groups is 1. The monoisotopic (exact) mass is 372 g/mol. The van der Waals surface area contributed by atoms with E-state index < -0.39 is 6.04 Å². The van der Waals surface area contributed by atoms with Crippen LogP contribution >= 0.6 is 0 Å². The van der Waals surface area contributed by atoms with Gasteiger partial charge in [-0.25, -0.2) is 9.59 Å². The van der Waals surface area contributed by atoms with Crippen molar-refractivity contribution in [3.05, 3.63) is 35.0 Å². The number of amides is 2. The van der Waals surface area contributed by atoms with Crippen LogP contribution in [0.15, 0.2) is 29.5 Å². The van der Waals surface area contributed by atoms with Crippen LogP contribution < -0.4 is 20.1 Å². The van der Waals surface area contributed by atoms with E-state index in [4.69, 9.17) is 14.2 Å². The van der Waals surface area contributed by atoms with E-state index in [1.54, 1.807) is 19.1 Å². The quantitative estimate of drug-likeness (QED) is 0.796. The minimum absolute atomic E-state index is 0.0726. The number of ether oxygens (including phenoxy) is 3. The van der Waals surface area contributed by atoms with Gasteiger partial charge in [0.25, 0.3) is 0 Å². The van der Waals surface area contributed by atoms with Gasteiger partial charge >= 0.3 is 12.0 Å². The van der Waals surface area contributed by atoms with Crippen LogP contribution in [-0.2, 0) is 9.53 Å². The molecule has 2 heterocycles. The molecule has 27 heavy (non-hydrogen) atoms. The van der Waals surface area contributed by atoms with Gasteiger partial charge in [-0.2, -0.15) is 0 Å². The van der Waals surface area contributed by atoms with Crippen LogP contribution in [0.4, 0.5) is 4.79 Å². The van der Waals surface area contributed by atoms with Gasteiger partial charge in [-0.05, 0) is 49.8 Å². The largest absolute Gasteiger partial charge is 0.459 e. The predicted octanol–water partition coefficient (Wildman–Crippen LogP) is 3.17. The lowest BCUT2D eigenvalue weighted by Gasteiger charge is -2.31. The Labute approximate surface area is 158 Å². The fraction of sp³-hybridized carbons (Fsp3) is 0.500. The summed E-state index contributed by atoms with van der Waals surface area (Å²) in [4.78, 5) is 25.0. The Morgan fingerprint density at radius 3 is 2.85 bits per heavy atom. The van der Waals surface area contributed by atoms with E-state index in [2.05, 4.69) is 17.6 Å². The molecule has 7 heteroatoms. The second kappa shape index (κ2) is 7.13. The van der Waals surface area contributed by atoms with Gasteiger partial charge in [0.2, 0.25) is 6.79 Å². The van der Waals surface area contributed by atoms with Crippen LogP contribution in [0.2, 0.25) is 0 Å². The molecule has 0 unspecified atom stereocenters. The Morgan fingerprint density at radius 1 is 1.22 bits per heavy atom. The van der Waals surface area contributed by atoms with Crippen molar-refractivity contribution < 1.29 is 23.8 Å². The van der Waals surface area contributed by atoms with Crippen LogP contribution in [-0.4, -0.2) is 24.9 Å². The highest BCUT2D eigenvalue weighted by atomic mass is 16.7. The SMILES string of the molecule is CC1=C(C(=O)O[C@@H]2CCC[C@H](C)C2)[C@@H](c2ccc3c(c2)OCO3)NC(=O)N1. The van der Waals surface area contributed by atoms with Gasteiger partial charge in [-0.1, -0.05) is 19.4 Å². The third-order valence-electron chi connectivity index (χ3n) is 5.38. The molecule has 3 aliphatic rings. The number of carbonyl (C=O) groups excluding carboxylic acids is 2. The minimum Gasteiger partial charge on any atom is -0.459 e. The average molecular weight is 372 g/mol. The molecule has 0 spiro atoms. The van der Waals surface area contributed by atoms with Crippen molar-refractivity contribution in [2.75, 3.05) is 6.79 Å². The van der Waals surface area contributed by atoms with E-state index in [1.165, 1.54) is 6.42 Å². The van der Waals surface area contributed by atoms with Crippen LogP contribution in [0.3, 0.4) is 0 Å². The first-order chi connectivity index (χ1) is 13.0. The van der Waals surface area contributed by atoms with E-state index in [1.807, 2.05) is 6.07 Å². The lowest BCUT2D eigenvalue weighted by atomic mass is 9.88. The standard InChI is InChI=1S/C20H24N2O5/c1-11-4-3-5-14(8-11)27-19(23)17-12(2)21-20(24)22-18(17)13-6-7-15-16(9-13)26-10-25-15/h6-7,9,11,14,18H,3-5,8,10H2,1-2H3,(H2,21,22,24)/t11-,14+,18+/m0/s1. The summed E-state index contributed by atoms with van der Waals surface area (Å²) in [6.45, 7) is 4.07. The number of fused-ring (bicyclic) bond motifs is 1. The van der Waals surface area contributed by atoms with E-state index >= 15 is 0 Å². The number of rotatable bonds is 3. The molecule has 2 amide bonds. The molecular formula is C20H24N2O5. The predicted molar refractivity (Wildman–Crippen MR) is 97.2 cm³/mol. The second-order valence-electron chi connectivity index (χ2n) is 7.48. The molecule has 0 aromatic heterocycles. The van der Waals surface area contributed by atoms with Gasteiger partial charge in [0.1, 0.15) is 6.10 Å². The fourth-order valence-corrected chi connectivity index (χ4v) is 4.01. The van der Waals surface area contributed by atoms with Gasteiger partial charge in [0.05, 0.1) is 11.6 Å². The highest BCUT2D eigenvalue weighted by Gasteiger charge is 2.34. The molecule has 1 saturated carbocycles. The maximum atomic E-state index is 13.0. The summed E-state index contributed by atoms with van der Waals surface area (Å²) in [7, 11) is 0. The zero-order valence-electron chi connectivity index (χ0n) is 15.5. The van der Waals surface area contributed by atoms with E-state index in [-0.39, 0.29) is 24.9 Å². The Morgan fingerprint density at radius 2 is 2.04 bits per heavy atom. The number of nitrogens with one attached hydrogen (secondary N) is 2. The highest BCUT2D eigenvalue weighted by molar-refractivity contribution is 5.95. The summed E-state index contributed by atoms with van der Waals surface area (Å²) in [5.41, 5.74) is 1.68. The molecule has 144 valence electrons. The molecular weight excluding hydrogens is 348 g/mol. The Hall–Kier alpha value is -2.70. The normalized spacial score (nSPS) is 27.0. The number of hydrogen-bond donors (Lipinski definition) is 2. The summed E-state index contributed by atoms with van der Waals surface area (Å²) in [6.07, 6.45) is 3.94. The molecule has 0 radical (unpaired) electrons. The second-order valence-corrected chi connectivity index (χ2v) is 7.48. The molecule has 2 N–H and O–H groups in total. The van der Waals surface area contributed by atoms with Gasteiger partial charge in [0.15, 0.2) is 11.5 Å². The van der Waals surface area contributed by atoms with Gasteiger partial charge in [-0.3, -0.25) is 0 Å². The summed E-state index contributed by atoms with van der Waals surface area (Å²) in [6, 6.07) is 4.46. The average Bonchev–Trinajstić information content (AvgIpc) is 3.08.